The molecule has 100 valence electrons. The lowest BCUT2D eigenvalue weighted by Crippen LogP contribution is -2.16. The molecule has 2 aromatic heterocycles. The molecule has 3 aromatic rings. The van der Waals surface area contributed by atoms with Crippen LogP contribution in [0.5, 0.6) is 0 Å². The minimum atomic E-state index is -0.179. The second-order valence-corrected chi connectivity index (χ2v) is 5.12. The zero-order valence-electron chi connectivity index (χ0n) is 10.7. The standard InChI is InChI=1S/C14H11BrN4O/c1-9-7-11(17-8-16-9)19-14(20)12(15)13(18-19)10-5-3-2-4-6-10/h2-8,18H,1H3. The highest BCUT2D eigenvalue weighted by atomic mass is 79.9. The maximum Gasteiger partial charge on any atom is 0.287 e. The molecule has 5 nitrogen and oxygen atoms in total. The number of rotatable bonds is 2. The van der Waals surface area contributed by atoms with Crippen LogP contribution < -0.4 is 5.56 Å². The Kier molecular flexibility index (Phi) is 3.23. The van der Waals surface area contributed by atoms with Crippen LogP contribution in [0.15, 0.2) is 52.0 Å². The van der Waals surface area contributed by atoms with E-state index in [0.717, 1.165) is 17.0 Å². The average molecular weight is 331 g/mol. The molecule has 3 rings (SSSR count). The average Bonchev–Trinajstić information content (AvgIpc) is 2.76. The van der Waals surface area contributed by atoms with Crippen molar-refractivity contribution in [1.82, 2.24) is 19.7 Å². The molecule has 0 radical (unpaired) electrons. The summed E-state index contributed by atoms with van der Waals surface area (Å²) in [4.78, 5) is 20.4. The van der Waals surface area contributed by atoms with Crippen LogP contribution in [0.1, 0.15) is 5.69 Å². The molecule has 0 atom stereocenters. The first-order chi connectivity index (χ1) is 9.66. The van der Waals surface area contributed by atoms with Crippen molar-refractivity contribution in [3.63, 3.8) is 0 Å². The zero-order chi connectivity index (χ0) is 14.1. The minimum absolute atomic E-state index is 0.179. The van der Waals surface area contributed by atoms with Gasteiger partial charge in [0.1, 0.15) is 10.8 Å². The Morgan fingerprint density at radius 1 is 1.20 bits per heavy atom. The molecule has 0 aliphatic heterocycles. The van der Waals surface area contributed by atoms with Crippen LogP contribution in [-0.2, 0) is 0 Å². The molecular formula is C14H11BrN4O. The Balaban J connectivity index is 2.18. The van der Waals surface area contributed by atoms with E-state index in [4.69, 9.17) is 0 Å². The van der Waals surface area contributed by atoms with Gasteiger partial charge in [0.05, 0.1) is 5.69 Å². The number of benzene rings is 1. The summed E-state index contributed by atoms with van der Waals surface area (Å²) in [5.41, 5.74) is 2.28. The third kappa shape index (κ3) is 2.18. The first-order valence-corrected chi connectivity index (χ1v) is 6.81. The van der Waals surface area contributed by atoms with Crippen molar-refractivity contribution in [2.45, 2.75) is 6.92 Å². The lowest BCUT2D eigenvalue weighted by atomic mass is 10.2. The summed E-state index contributed by atoms with van der Waals surface area (Å²) in [6.45, 7) is 1.85. The minimum Gasteiger partial charge on any atom is -0.288 e. The Hall–Kier alpha value is -2.21. The van der Waals surface area contributed by atoms with E-state index in [1.807, 2.05) is 37.3 Å². The number of halogens is 1. The van der Waals surface area contributed by atoms with Crippen molar-refractivity contribution in [2.24, 2.45) is 0 Å². The highest BCUT2D eigenvalue weighted by molar-refractivity contribution is 9.10. The number of H-pyrrole nitrogens is 1. The van der Waals surface area contributed by atoms with Crippen molar-refractivity contribution in [3.8, 4) is 17.1 Å². The van der Waals surface area contributed by atoms with Gasteiger partial charge < -0.3 is 0 Å². The number of hydrogen-bond donors (Lipinski definition) is 1. The van der Waals surface area contributed by atoms with Crippen LogP contribution in [0.2, 0.25) is 0 Å². The van der Waals surface area contributed by atoms with E-state index in [9.17, 15) is 4.79 Å². The molecule has 20 heavy (non-hydrogen) atoms. The second kappa shape index (κ2) is 5.05. The fourth-order valence-electron chi connectivity index (χ4n) is 1.94. The van der Waals surface area contributed by atoms with E-state index in [1.54, 1.807) is 6.07 Å². The number of nitrogens with one attached hydrogen (secondary N) is 1. The Morgan fingerprint density at radius 2 is 1.95 bits per heavy atom. The van der Waals surface area contributed by atoms with Crippen molar-refractivity contribution >= 4 is 15.9 Å². The van der Waals surface area contributed by atoms with Gasteiger partial charge >= 0.3 is 0 Å². The lowest BCUT2D eigenvalue weighted by molar-refractivity contribution is 0.810. The van der Waals surface area contributed by atoms with Crippen molar-refractivity contribution in [2.75, 3.05) is 0 Å². The zero-order valence-corrected chi connectivity index (χ0v) is 12.3. The Labute approximate surface area is 123 Å². The SMILES string of the molecule is Cc1cc(-n2[nH]c(-c3ccccc3)c(Br)c2=O)ncn1. The molecule has 0 bridgehead atoms. The summed E-state index contributed by atoms with van der Waals surface area (Å²) >= 11 is 3.35. The van der Waals surface area contributed by atoms with E-state index in [-0.39, 0.29) is 5.56 Å². The Bertz CT molecular complexity index is 808. The van der Waals surface area contributed by atoms with Gasteiger partial charge in [-0.2, -0.15) is 0 Å². The molecule has 0 saturated carbocycles. The largest absolute Gasteiger partial charge is 0.288 e. The van der Waals surface area contributed by atoms with E-state index < -0.39 is 0 Å². The molecule has 0 aliphatic rings. The predicted molar refractivity (Wildman–Crippen MR) is 79.9 cm³/mol. The van der Waals surface area contributed by atoms with Gasteiger partial charge in [0.2, 0.25) is 0 Å². The van der Waals surface area contributed by atoms with Crippen LogP contribution in [0.25, 0.3) is 17.1 Å². The van der Waals surface area contributed by atoms with Gasteiger partial charge in [0.25, 0.3) is 5.56 Å². The van der Waals surface area contributed by atoms with Crippen LogP contribution in [0.4, 0.5) is 0 Å². The van der Waals surface area contributed by atoms with Crippen molar-refractivity contribution in [3.05, 3.63) is 63.2 Å². The molecule has 0 fully saturated rings. The van der Waals surface area contributed by atoms with E-state index in [2.05, 4.69) is 31.0 Å². The van der Waals surface area contributed by atoms with Gasteiger partial charge in [-0.05, 0) is 22.9 Å². The van der Waals surface area contributed by atoms with Gasteiger partial charge in [-0.3, -0.25) is 9.89 Å². The van der Waals surface area contributed by atoms with Crippen LogP contribution in [-0.4, -0.2) is 19.7 Å². The molecule has 0 spiro atoms. The van der Waals surface area contributed by atoms with Gasteiger partial charge in [-0.25, -0.2) is 14.6 Å². The van der Waals surface area contributed by atoms with Gasteiger partial charge in [-0.1, -0.05) is 30.3 Å². The molecule has 0 saturated heterocycles. The predicted octanol–water partition coefficient (Wildman–Crippen LogP) is 2.69. The molecule has 6 heteroatoms. The molecular weight excluding hydrogens is 320 g/mol. The number of aromatic nitrogens is 4. The monoisotopic (exact) mass is 330 g/mol. The van der Waals surface area contributed by atoms with Crippen LogP contribution in [0.3, 0.4) is 0 Å². The summed E-state index contributed by atoms with van der Waals surface area (Å²) in [7, 11) is 0. The maximum atomic E-state index is 12.3. The first kappa shape index (κ1) is 12.8. The summed E-state index contributed by atoms with van der Waals surface area (Å²) in [5, 5.41) is 3.08. The molecule has 0 aliphatic carbocycles. The normalized spacial score (nSPS) is 10.7. The summed E-state index contributed by atoms with van der Waals surface area (Å²) < 4.78 is 1.89. The van der Waals surface area contributed by atoms with Gasteiger partial charge in [-0.15, -0.1) is 0 Å². The topological polar surface area (TPSA) is 63.6 Å². The number of aryl methyl sites for hydroxylation is 1. The fourth-order valence-corrected chi connectivity index (χ4v) is 2.43. The number of hydrogen-bond acceptors (Lipinski definition) is 3. The van der Waals surface area contributed by atoms with Gasteiger partial charge in [0, 0.05) is 17.3 Å². The third-order valence-corrected chi connectivity index (χ3v) is 3.65. The van der Waals surface area contributed by atoms with Crippen molar-refractivity contribution < 1.29 is 0 Å². The first-order valence-electron chi connectivity index (χ1n) is 6.02. The van der Waals surface area contributed by atoms with E-state index in [1.165, 1.54) is 11.0 Å². The lowest BCUT2D eigenvalue weighted by Gasteiger charge is -2.01. The smallest absolute Gasteiger partial charge is 0.287 e. The van der Waals surface area contributed by atoms with E-state index in [0.29, 0.717) is 10.3 Å². The molecule has 1 N–H and O–H groups in total. The van der Waals surface area contributed by atoms with E-state index >= 15 is 0 Å². The number of aromatic amines is 1. The maximum absolute atomic E-state index is 12.3. The second-order valence-electron chi connectivity index (χ2n) is 4.32. The quantitative estimate of drug-likeness (QED) is 0.785. The summed E-state index contributed by atoms with van der Waals surface area (Å²) in [6.07, 6.45) is 1.44. The van der Waals surface area contributed by atoms with Crippen molar-refractivity contribution in [1.29, 1.82) is 0 Å². The fraction of sp³-hybridized carbons (Fsp3) is 0.0714. The molecule has 0 amide bonds. The summed E-state index contributed by atoms with van der Waals surface area (Å²) in [6, 6.07) is 11.4. The summed E-state index contributed by atoms with van der Waals surface area (Å²) in [5.74, 6) is 0.519. The Morgan fingerprint density at radius 3 is 2.65 bits per heavy atom. The van der Waals surface area contributed by atoms with Crippen LogP contribution >= 0.6 is 15.9 Å². The highest BCUT2D eigenvalue weighted by Gasteiger charge is 2.14. The number of nitrogens with zero attached hydrogens (tertiary/aromatic N) is 3. The molecule has 1 aromatic carbocycles. The molecule has 0 unspecified atom stereocenters. The van der Waals surface area contributed by atoms with Crippen LogP contribution in [0, 0.1) is 6.92 Å². The third-order valence-electron chi connectivity index (χ3n) is 2.91. The van der Waals surface area contributed by atoms with Gasteiger partial charge in [0.15, 0.2) is 5.82 Å². The molecule has 2 heterocycles. The highest BCUT2D eigenvalue weighted by Crippen LogP contribution is 2.23.